The summed E-state index contributed by atoms with van der Waals surface area (Å²) in [7, 11) is 0. The van der Waals surface area contributed by atoms with Gasteiger partial charge in [0.15, 0.2) is 0 Å². The van der Waals surface area contributed by atoms with E-state index in [4.69, 9.17) is 23.2 Å². The van der Waals surface area contributed by atoms with E-state index in [9.17, 15) is 0 Å². The maximum Gasteiger partial charge on any atom is 0.0595 e. The molecule has 1 nitrogen and oxygen atoms in total. The number of rotatable bonds is 4. The van der Waals surface area contributed by atoms with Gasteiger partial charge in [-0.3, -0.25) is 0 Å². The van der Waals surface area contributed by atoms with Crippen molar-refractivity contribution in [3.05, 3.63) is 33.8 Å². The van der Waals surface area contributed by atoms with E-state index in [1.165, 1.54) is 37.7 Å². The van der Waals surface area contributed by atoms with Crippen molar-refractivity contribution in [2.75, 3.05) is 6.54 Å². The second-order valence-corrected chi connectivity index (χ2v) is 6.69. The highest BCUT2D eigenvalue weighted by Crippen LogP contribution is 2.46. The first-order valence-corrected chi connectivity index (χ1v) is 8.01. The van der Waals surface area contributed by atoms with Gasteiger partial charge in [-0.25, -0.2) is 0 Å². The van der Waals surface area contributed by atoms with Crippen LogP contribution in [0.1, 0.15) is 57.6 Å². The molecule has 0 heterocycles. The number of hydrogen-bond donors (Lipinski definition) is 1. The van der Waals surface area contributed by atoms with Gasteiger partial charge in [-0.15, -0.1) is 0 Å². The van der Waals surface area contributed by atoms with Gasteiger partial charge in [0, 0.05) is 6.04 Å². The summed E-state index contributed by atoms with van der Waals surface area (Å²) in [5.41, 5.74) is 1.59. The molecule has 3 heteroatoms. The molecule has 1 unspecified atom stereocenters. The summed E-state index contributed by atoms with van der Waals surface area (Å²) < 4.78 is 0. The van der Waals surface area contributed by atoms with Gasteiger partial charge >= 0.3 is 0 Å². The Hall–Kier alpha value is -0.240. The van der Waals surface area contributed by atoms with Crippen LogP contribution in [0.5, 0.6) is 0 Å². The molecule has 1 fully saturated rings. The summed E-state index contributed by atoms with van der Waals surface area (Å²) in [5.74, 6) is 0. The van der Waals surface area contributed by atoms with E-state index in [0.717, 1.165) is 6.54 Å². The van der Waals surface area contributed by atoms with E-state index in [1.807, 2.05) is 12.1 Å². The Morgan fingerprint density at radius 1 is 1.16 bits per heavy atom. The lowest BCUT2D eigenvalue weighted by Gasteiger charge is -2.41. The van der Waals surface area contributed by atoms with Gasteiger partial charge < -0.3 is 5.32 Å². The maximum atomic E-state index is 6.18. The molecule has 19 heavy (non-hydrogen) atoms. The molecule has 1 atom stereocenters. The van der Waals surface area contributed by atoms with E-state index in [2.05, 4.69) is 25.2 Å². The van der Waals surface area contributed by atoms with Gasteiger partial charge in [-0.1, -0.05) is 62.4 Å². The van der Waals surface area contributed by atoms with Crippen molar-refractivity contribution in [1.29, 1.82) is 0 Å². The van der Waals surface area contributed by atoms with Gasteiger partial charge in [0.1, 0.15) is 0 Å². The summed E-state index contributed by atoms with van der Waals surface area (Å²) in [6.45, 7) is 5.54. The molecule has 0 saturated heterocycles. The topological polar surface area (TPSA) is 12.0 Å². The average Bonchev–Trinajstić information content (AvgIpc) is 2.40. The summed E-state index contributed by atoms with van der Waals surface area (Å²) >= 11 is 12.2. The minimum atomic E-state index is 0.325. The monoisotopic (exact) mass is 299 g/mol. The molecule has 1 aliphatic carbocycles. The van der Waals surface area contributed by atoms with Crippen LogP contribution < -0.4 is 5.32 Å². The molecule has 1 aromatic rings. The largest absolute Gasteiger partial charge is 0.310 e. The molecule has 0 aliphatic heterocycles. The minimum absolute atomic E-state index is 0.325. The van der Waals surface area contributed by atoms with Crippen LogP contribution in [0.25, 0.3) is 0 Å². The summed E-state index contributed by atoms with van der Waals surface area (Å²) in [4.78, 5) is 0. The fourth-order valence-electron chi connectivity index (χ4n) is 3.31. The summed E-state index contributed by atoms with van der Waals surface area (Å²) in [5, 5.41) is 4.94. The molecule has 1 aliphatic rings. The first-order chi connectivity index (χ1) is 9.07. The van der Waals surface area contributed by atoms with Crippen molar-refractivity contribution in [2.45, 2.75) is 52.0 Å². The molecular weight excluding hydrogens is 277 g/mol. The van der Waals surface area contributed by atoms with Crippen LogP contribution in [0.15, 0.2) is 18.2 Å². The molecule has 0 bridgehead atoms. The van der Waals surface area contributed by atoms with Crippen molar-refractivity contribution in [3.8, 4) is 0 Å². The highest BCUT2D eigenvalue weighted by molar-refractivity contribution is 6.42. The predicted molar refractivity (Wildman–Crippen MR) is 84.1 cm³/mol. The zero-order chi connectivity index (χ0) is 13.9. The normalized spacial score (nSPS) is 20.2. The van der Waals surface area contributed by atoms with Crippen LogP contribution in [0.3, 0.4) is 0 Å². The quantitative estimate of drug-likeness (QED) is 0.761. The SMILES string of the molecule is CCNC(c1ccc(Cl)c(Cl)c1)C1(C)CCCCC1. The number of benzene rings is 1. The Kier molecular flexibility index (Phi) is 5.16. The van der Waals surface area contributed by atoms with Crippen molar-refractivity contribution in [2.24, 2.45) is 5.41 Å². The average molecular weight is 300 g/mol. The molecule has 1 aromatic carbocycles. The van der Waals surface area contributed by atoms with Crippen LogP contribution in [0, 0.1) is 5.41 Å². The standard InChI is InChI=1S/C16H23Cl2N/c1-3-19-15(16(2)9-5-4-6-10-16)12-7-8-13(17)14(18)11-12/h7-8,11,15,19H,3-6,9-10H2,1-2H3. The fraction of sp³-hybridized carbons (Fsp3) is 0.625. The van der Waals surface area contributed by atoms with E-state index >= 15 is 0 Å². The lowest BCUT2D eigenvalue weighted by molar-refractivity contribution is 0.146. The molecule has 0 spiro atoms. The smallest absolute Gasteiger partial charge is 0.0595 e. The van der Waals surface area contributed by atoms with Crippen molar-refractivity contribution in [1.82, 2.24) is 5.32 Å². The molecule has 1 N–H and O–H groups in total. The molecule has 2 rings (SSSR count). The Bertz CT molecular complexity index is 425. The van der Waals surface area contributed by atoms with Gasteiger partial charge in [-0.05, 0) is 42.5 Å². The molecule has 0 amide bonds. The zero-order valence-electron chi connectivity index (χ0n) is 11.8. The second kappa shape index (κ2) is 6.47. The van der Waals surface area contributed by atoms with Crippen LogP contribution in [-0.2, 0) is 0 Å². The van der Waals surface area contributed by atoms with Crippen LogP contribution >= 0.6 is 23.2 Å². The fourth-order valence-corrected chi connectivity index (χ4v) is 3.62. The van der Waals surface area contributed by atoms with E-state index < -0.39 is 0 Å². The van der Waals surface area contributed by atoms with E-state index in [-0.39, 0.29) is 0 Å². The highest BCUT2D eigenvalue weighted by atomic mass is 35.5. The molecule has 1 saturated carbocycles. The Balaban J connectivity index is 2.30. The van der Waals surface area contributed by atoms with Gasteiger partial charge in [-0.2, -0.15) is 0 Å². The summed E-state index contributed by atoms with van der Waals surface area (Å²) in [6, 6.07) is 6.42. The molecular formula is C16H23Cl2N. The Labute approximate surface area is 126 Å². The first-order valence-electron chi connectivity index (χ1n) is 7.25. The number of halogens is 2. The third kappa shape index (κ3) is 3.45. The van der Waals surface area contributed by atoms with Gasteiger partial charge in [0.05, 0.1) is 10.0 Å². The molecule has 0 aromatic heterocycles. The van der Waals surface area contributed by atoms with Crippen LogP contribution in [-0.4, -0.2) is 6.54 Å². The van der Waals surface area contributed by atoms with Crippen molar-refractivity contribution < 1.29 is 0 Å². The van der Waals surface area contributed by atoms with Crippen LogP contribution in [0.2, 0.25) is 10.0 Å². The summed E-state index contributed by atoms with van der Waals surface area (Å²) in [6.07, 6.45) is 6.60. The third-order valence-corrected chi connectivity index (χ3v) is 5.12. The lowest BCUT2D eigenvalue weighted by atomic mass is 9.68. The zero-order valence-corrected chi connectivity index (χ0v) is 13.3. The molecule has 0 radical (unpaired) electrons. The molecule has 106 valence electrons. The van der Waals surface area contributed by atoms with Gasteiger partial charge in [0.25, 0.3) is 0 Å². The van der Waals surface area contributed by atoms with Crippen molar-refractivity contribution in [3.63, 3.8) is 0 Å². The minimum Gasteiger partial charge on any atom is -0.310 e. The van der Waals surface area contributed by atoms with Crippen molar-refractivity contribution >= 4 is 23.2 Å². The van der Waals surface area contributed by atoms with E-state index in [0.29, 0.717) is 21.5 Å². The second-order valence-electron chi connectivity index (χ2n) is 5.88. The van der Waals surface area contributed by atoms with E-state index in [1.54, 1.807) is 0 Å². The number of hydrogen-bond acceptors (Lipinski definition) is 1. The Morgan fingerprint density at radius 3 is 2.42 bits per heavy atom. The van der Waals surface area contributed by atoms with Gasteiger partial charge in [0.2, 0.25) is 0 Å². The Morgan fingerprint density at radius 2 is 1.84 bits per heavy atom. The maximum absolute atomic E-state index is 6.18. The lowest BCUT2D eigenvalue weighted by Crippen LogP contribution is -2.37. The highest BCUT2D eigenvalue weighted by Gasteiger charge is 2.36. The number of nitrogens with one attached hydrogen (secondary N) is 1. The van der Waals surface area contributed by atoms with Crippen LogP contribution in [0.4, 0.5) is 0 Å². The third-order valence-electron chi connectivity index (χ3n) is 4.38. The first kappa shape index (κ1) is 15.2. The predicted octanol–water partition coefficient (Wildman–Crippen LogP) is 5.61.